The lowest BCUT2D eigenvalue weighted by Gasteiger charge is -2.19. The monoisotopic (exact) mass is 185 g/mol. The Balaban J connectivity index is 2.90. The van der Waals surface area contributed by atoms with Crippen LogP contribution in [0.1, 0.15) is 25.7 Å². The summed E-state index contributed by atoms with van der Waals surface area (Å²) in [6.45, 7) is 2.69. The van der Waals surface area contributed by atoms with Crippen LogP contribution in [-0.4, -0.2) is 15.6 Å². The molecule has 1 atom stereocenters. The second kappa shape index (κ2) is 3.18. The highest BCUT2D eigenvalue weighted by Crippen LogP contribution is 2.27. The zero-order chi connectivity index (χ0) is 10.1. The minimum Gasteiger partial charge on any atom is -0.466 e. The van der Waals surface area contributed by atoms with E-state index in [1.807, 2.05) is 0 Å². The maximum atomic E-state index is 10.6. The molecule has 0 saturated heterocycles. The van der Waals surface area contributed by atoms with Crippen LogP contribution in [0.2, 0.25) is 0 Å². The molecule has 1 heterocycles. The Morgan fingerprint density at radius 1 is 1.69 bits per heavy atom. The van der Waals surface area contributed by atoms with Gasteiger partial charge in [-0.2, -0.15) is 0 Å². The first-order valence-electron chi connectivity index (χ1n) is 3.82. The molecule has 1 N–H and O–H groups in total. The Morgan fingerprint density at radius 3 is 2.69 bits per heavy atom. The number of rotatable bonds is 3. The first kappa shape index (κ1) is 9.73. The van der Waals surface area contributed by atoms with Gasteiger partial charge in [0.1, 0.15) is 5.76 Å². The Hall–Kier alpha value is -1.36. The summed E-state index contributed by atoms with van der Waals surface area (Å²) in [6.07, 6.45) is 0.145. The molecule has 0 radical (unpaired) electrons. The van der Waals surface area contributed by atoms with Gasteiger partial charge in [0, 0.05) is 18.8 Å². The molecule has 0 aliphatic heterocycles. The lowest BCUT2D eigenvalue weighted by molar-refractivity contribution is -0.575. The molecular formula is C8H11NO4. The molecule has 0 fully saturated rings. The van der Waals surface area contributed by atoms with Gasteiger partial charge in [0.25, 0.3) is 0 Å². The van der Waals surface area contributed by atoms with E-state index >= 15 is 0 Å². The highest BCUT2D eigenvalue weighted by molar-refractivity contribution is 5.05. The Kier molecular flexibility index (Phi) is 2.38. The number of nitrogens with zero attached hydrogens (tertiary/aromatic N) is 1. The molecule has 0 bridgehead atoms. The molecule has 1 rings (SSSR count). The van der Waals surface area contributed by atoms with Crippen LogP contribution in [0.3, 0.4) is 0 Å². The minimum absolute atomic E-state index is 0.210. The largest absolute Gasteiger partial charge is 0.466 e. The summed E-state index contributed by atoms with van der Waals surface area (Å²) in [5.41, 5.74) is -1.43. The molecular weight excluding hydrogens is 174 g/mol. The Morgan fingerprint density at radius 2 is 2.31 bits per heavy atom. The molecule has 0 saturated carbocycles. The second-order valence-corrected chi connectivity index (χ2v) is 3.33. The van der Waals surface area contributed by atoms with Gasteiger partial charge in [0.2, 0.25) is 5.54 Å². The smallest absolute Gasteiger partial charge is 0.249 e. The van der Waals surface area contributed by atoms with Gasteiger partial charge in [-0.15, -0.1) is 0 Å². The summed E-state index contributed by atoms with van der Waals surface area (Å²) in [4.78, 5) is 10.0. The van der Waals surface area contributed by atoms with Gasteiger partial charge in [-0.05, 0) is 12.1 Å². The highest BCUT2D eigenvalue weighted by Gasteiger charge is 2.42. The molecule has 0 aromatic carbocycles. The standard InChI is InChI=1S/C8H11NO4/c1-8(2,9(11)12)7(10)6-4-3-5-13-6/h3-5,7,10H,1-2H3/t7-/m1/s1. The van der Waals surface area contributed by atoms with Crippen LogP contribution in [0.25, 0.3) is 0 Å². The van der Waals surface area contributed by atoms with Crippen LogP contribution in [0, 0.1) is 10.1 Å². The van der Waals surface area contributed by atoms with Crippen molar-refractivity contribution in [1.82, 2.24) is 0 Å². The van der Waals surface area contributed by atoms with E-state index in [0.29, 0.717) is 0 Å². The summed E-state index contributed by atoms with van der Waals surface area (Å²) in [5.74, 6) is 0.210. The van der Waals surface area contributed by atoms with Crippen LogP contribution in [-0.2, 0) is 0 Å². The minimum atomic E-state index is -1.43. The fourth-order valence-corrected chi connectivity index (χ4v) is 0.895. The fourth-order valence-electron chi connectivity index (χ4n) is 0.895. The van der Waals surface area contributed by atoms with Crippen molar-refractivity contribution in [3.8, 4) is 0 Å². The van der Waals surface area contributed by atoms with Crippen LogP contribution in [0.15, 0.2) is 22.8 Å². The fraction of sp³-hybridized carbons (Fsp3) is 0.500. The van der Waals surface area contributed by atoms with Crippen LogP contribution >= 0.6 is 0 Å². The zero-order valence-electron chi connectivity index (χ0n) is 7.43. The van der Waals surface area contributed by atoms with Gasteiger partial charge in [0.15, 0.2) is 6.10 Å². The Labute approximate surface area is 75.1 Å². The predicted molar refractivity (Wildman–Crippen MR) is 44.7 cm³/mol. The molecule has 0 aliphatic rings. The second-order valence-electron chi connectivity index (χ2n) is 3.33. The molecule has 0 aliphatic carbocycles. The Bertz CT molecular complexity index is 291. The summed E-state index contributed by atoms with van der Waals surface area (Å²) < 4.78 is 4.88. The van der Waals surface area contributed by atoms with Gasteiger partial charge < -0.3 is 9.52 Å². The average Bonchev–Trinajstić information content (AvgIpc) is 2.54. The lowest BCUT2D eigenvalue weighted by Crippen LogP contribution is -2.37. The summed E-state index contributed by atoms with van der Waals surface area (Å²) in [5, 5.41) is 20.1. The van der Waals surface area contributed by atoms with E-state index in [-0.39, 0.29) is 5.76 Å². The van der Waals surface area contributed by atoms with Crippen molar-refractivity contribution in [1.29, 1.82) is 0 Å². The van der Waals surface area contributed by atoms with E-state index in [9.17, 15) is 15.2 Å². The topological polar surface area (TPSA) is 76.5 Å². The third-order valence-electron chi connectivity index (χ3n) is 1.95. The molecule has 5 nitrogen and oxygen atoms in total. The first-order chi connectivity index (χ1) is 5.96. The van der Waals surface area contributed by atoms with Crippen LogP contribution in [0.4, 0.5) is 0 Å². The van der Waals surface area contributed by atoms with Crippen molar-refractivity contribution < 1.29 is 14.4 Å². The molecule has 13 heavy (non-hydrogen) atoms. The van der Waals surface area contributed by atoms with E-state index in [1.165, 1.54) is 26.2 Å². The number of hydrogen-bond donors (Lipinski definition) is 1. The zero-order valence-corrected chi connectivity index (χ0v) is 7.43. The van der Waals surface area contributed by atoms with Crippen molar-refractivity contribution in [3.63, 3.8) is 0 Å². The number of nitro groups is 1. The number of aliphatic hydroxyl groups excluding tert-OH is 1. The van der Waals surface area contributed by atoms with Gasteiger partial charge in [-0.3, -0.25) is 10.1 Å². The quantitative estimate of drug-likeness (QED) is 0.569. The van der Waals surface area contributed by atoms with Crippen molar-refractivity contribution in [2.75, 3.05) is 0 Å². The van der Waals surface area contributed by atoms with E-state index in [1.54, 1.807) is 6.07 Å². The van der Waals surface area contributed by atoms with E-state index in [4.69, 9.17) is 4.42 Å². The average molecular weight is 185 g/mol. The first-order valence-corrected chi connectivity index (χ1v) is 3.82. The summed E-state index contributed by atoms with van der Waals surface area (Å²) in [6, 6.07) is 3.09. The highest BCUT2D eigenvalue weighted by atomic mass is 16.6. The van der Waals surface area contributed by atoms with Crippen molar-refractivity contribution in [2.45, 2.75) is 25.5 Å². The number of furan rings is 1. The lowest BCUT2D eigenvalue weighted by atomic mass is 9.96. The predicted octanol–water partition coefficient (Wildman–Crippen LogP) is 1.37. The molecule has 72 valence electrons. The van der Waals surface area contributed by atoms with Gasteiger partial charge in [0.05, 0.1) is 6.26 Å². The molecule has 1 aromatic rings. The van der Waals surface area contributed by atoms with E-state index in [0.717, 1.165) is 0 Å². The normalized spacial score (nSPS) is 14.1. The molecule has 1 aromatic heterocycles. The molecule has 5 heteroatoms. The number of aliphatic hydroxyl groups is 1. The van der Waals surface area contributed by atoms with E-state index < -0.39 is 16.6 Å². The van der Waals surface area contributed by atoms with Gasteiger partial charge in [-0.1, -0.05) is 0 Å². The van der Waals surface area contributed by atoms with Gasteiger partial charge >= 0.3 is 0 Å². The van der Waals surface area contributed by atoms with Crippen molar-refractivity contribution >= 4 is 0 Å². The molecule has 0 amide bonds. The maximum absolute atomic E-state index is 10.6. The van der Waals surface area contributed by atoms with E-state index in [2.05, 4.69) is 0 Å². The molecule has 0 spiro atoms. The van der Waals surface area contributed by atoms with Crippen LogP contribution < -0.4 is 0 Å². The van der Waals surface area contributed by atoms with Crippen LogP contribution in [0.5, 0.6) is 0 Å². The number of hydrogen-bond acceptors (Lipinski definition) is 4. The molecule has 0 unspecified atom stereocenters. The maximum Gasteiger partial charge on any atom is 0.249 e. The third-order valence-corrected chi connectivity index (χ3v) is 1.95. The third kappa shape index (κ3) is 1.70. The summed E-state index contributed by atoms with van der Waals surface area (Å²) in [7, 11) is 0. The van der Waals surface area contributed by atoms with Gasteiger partial charge in [-0.25, -0.2) is 0 Å². The van der Waals surface area contributed by atoms with Crippen molar-refractivity contribution in [3.05, 3.63) is 34.3 Å². The SMILES string of the molecule is CC(C)([C@H](O)c1ccco1)[N+](=O)[O-]. The van der Waals surface area contributed by atoms with Crippen molar-refractivity contribution in [2.24, 2.45) is 0 Å². The summed E-state index contributed by atoms with van der Waals surface area (Å²) >= 11 is 0.